The molecule has 0 saturated heterocycles. The molecule has 0 aliphatic rings. The first-order chi connectivity index (χ1) is 19.4. The summed E-state index contributed by atoms with van der Waals surface area (Å²) >= 11 is 0. The topological polar surface area (TPSA) is 107 Å². The highest BCUT2D eigenvalue weighted by atomic mass is 16.5. The molecule has 2 amide bonds. The minimum atomic E-state index is -0.352. The van der Waals surface area contributed by atoms with Gasteiger partial charge in [-0.2, -0.15) is 5.10 Å². The molecule has 0 bridgehead atoms. The summed E-state index contributed by atoms with van der Waals surface area (Å²) in [5, 5.41) is 12.6. The molecule has 0 fully saturated rings. The number of carbonyl (C=O) groups excluding carboxylic acids is 1. The van der Waals surface area contributed by atoms with Crippen LogP contribution in [0.15, 0.2) is 85.1 Å². The third-order valence-corrected chi connectivity index (χ3v) is 6.78. The van der Waals surface area contributed by atoms with Gasteiger partial charge in [-0.3, -0.25) is 5.32 Å². The number of nitrogen functional groups attached to an aromatic ring is 1. The second kappa shape index (κ2) is 11.9. The molecule has 0 unspecified atom stereocenters. The number of aromatic nitrogens is 3. The minimum Gasteiger partial charge on any atom is -0.485 e. The monoisotopic (exact) mass is 534 g/mol. The Morgan fingerprint density at radius 1 is 1.00 bits per heavy atom. The zero-order valence-corrected chi connectivity index (χ0v) is 23.0. The van der Waals surface area contributed by atoms with E-state index in [9.17, 15) is 4.79 Å². The molecule has 5 aromatic rings. The van der Waals surface area contributed by atoms with Crippen molar-refractivity contribution in [2.45, 2.75) is 46.1 Å². The van der Waals surface area contributed by atoms with Crippen molar-refractivity contribution in [2.75, 3.05) is 16.4 Å². The van der Waals surface area contributed by atoms with E-state index in [-0.39, 0.29) is 12.1 Å². The number of nitrogens with zero attached hydrogens (tertiary/aromatic N) is 3. The fourth-order valence-electron chi connectivity index (χ4n) is 4.61. The van der Waals surface area contributed by atoms with Gasteiger partial charge in [0, 0.05) is 23.0 Å². The van der Waals surface area contributed by atoms with Crippen molar-refractivity contribution in [3.63, 3.8) is 0 Å². The molecule has 4 N–H and O–H groups in total. The normalized spacial score (nSPS) is 11.8. The van der Waals surface area contributed by atoms with E-state index in [1.54, 1.807) is 10.9 Å². The van der Waals surface area contributed by atoms with Crippen molar-refractivity contribution in [2.24, 2.45) is 0 Å². The van der Waals surface area contributed by atoms with E-state index in [2.05, 4.69) is 22.5 Å². The fourth-order valence-corrected chi connectivity index (χ4v) is 4.61. The van der Waals surface area contributed by atoms with Crippen LogP contribution in [0.3, 0.4) is 0 Å². The van der Waals surface area contributed by atoms with Crippen LogP contribution in [0.25, 0.3) is 16.5 Å². The van der Waals surface area contributed by atoms with Crippen LogP contribution in [-0.4, -0.2) is 20.8 Å². The lowest BCUT2D eigenvalue weighted by Crippen LogP contribution is -2.21. The number of nitrogens with two attached hydrogens (primary N) is 1. The first kappa shape index (κ1) is 26.7. The van der Waals surface area contributed by atoms with Crippen LogP contribution in [0.4, 0.5) is 22.1 Å². The maximum absolute atomic E-state index is 13.3. The molecule has 1 atom stereocenters. The number of hydrogen-bond acceptors (Lipinski definition) is 5. The number of carbonyl (C=O) groups is 1. The van der Waals surface area contributed by atoms with Crippen molar-refractivity contribution in [3.8, 4) is 11.4 Å². The van der Waals surface area contributed by atoms with Gasteiger partial charge in [0.1, 0.15) is 23.5 Å². The first-order valence-electron chi connectivity index (χ1n) is 13.5. The Morgan fingerprint density at radius 3 is 2.52 bits per heavy atom. The largest absolute Gasteiger partial charge is 0.485 e. The average Bonchev–Trinajstić information content (AvgIpc) is 3.35. The van der Waals surface area contributed by atoms with Gasteiger partial charge >= 0.3 is 6.03 Å². The molecule has 3 aromatic carbocycles. The number of benzene rings is 3. The van der Waals surface area contributed by atoms with Gasteiger partial charge in [0.25, 0.3) is 0 Å². The van der Waals surface area contributed by atoms with E-state index < -0.39 is 0 Å². The average molecular weight is 535 g/mol. The Hall–Kier alpha value is -4.85. The highest BCUT2D eigenvalue weighted by Gasteiger charge is 2.16. The second-order valence-electron chi connectivity index (χ2n) is 9.88. The maximum Gasteiger partial charge on any atom is 0.324 e. The Labute approximate surface area is 234 Å². The fraction of sp³-hybridized carbons (Fsp3) is 0.219. The lowest BCUT2D eigenvalue weighted by molar-refractivity contribution is 0.230. The molecule has 8 heteroatoms. The Morgan fingerprint density at radius 2 is 1.77 bits per heavy atom. The third-order valence-electron chi connectivity index (χ3n) is 6.78. The molecular formula is C32H34N6O2. The van der Waals surface area contributed by atoms with Crippen molar-refractivity contribution in [3.05, 3.63) is 102 Å². The van der Waals surface area contributed by atoms with E-state index >= 15 is 0 Å². The van der Waals surface area contributed by atoms with Crippen LogP contribution in [0.5, 0.6) is 5.75 Å². The summed E-state index contributed by atoms with van der Waals surface area (Å²) in [6, 6.07) is 24.9. The Kier molecular flexibility index (Phi) is 7.96. The molecule has 0 aliphatic carbocycles. The third kappa shape index (κ3) is 6.07. The molecule has 0 aliphatic heterocycles. The molecule has 0 spiro atoms. The number of pyridine rings is 1. The summed E-state index contributed by atoms with van der Waals surface area (Å²) in [7, 11) is 0. The summed E-state index contributed by atoms with van der Waals surface area (Å²) in [4.78, 5) is 17.3. The molecule has 0 saturated carbocycles. The smallest absolute Gasteiger partial charge is 0.324 e. The molecule has 40 heavy (non-hydrogen) atoms. The zero-order chi connectivity index (χ0) is 28.1. The van der Waals surface area contributed by atoms with Gasteiger partial charge in [-0.15, -0.1) is 0 Å². The standard InChI is InChI=1S/C32H34N6O2/c1-4-5-8-24-20-31(38(37-24)25-13-11-21(2)12-14-25)36-32(39)35-28-15-16-29(27-10-7-6-9-26(27)28)40-22(3)23-17-18-34-30(33)19-23/h6-7,9-20,22H,4-5,8H2,1-3H3,(H2,33,34)(H2,35,36,39)/t22-/m0/s1. The van der Waals surface area contributed by atoms with Gasteiger partial charge in [-0.1, -0.05) is 55.3 Å². The van der Waals surface area contributed by atoms with Crippen molar-refractivity contribution in [1.82, 2.24) is 14.8 Å². The summed E-state index contributed by atoms with van der Waals surface area (Å²) in [5.74, 6) is 1.77. The van der Waals surface area contributed by atoms with Crippen LogP contribution < -0.4 is 21.1 Å². The summed E-state index contributed by atoms with van der Waals surface area (Å²) in [6.07, 6.45) is 4.39. The van der Waals surface area contributed by atoms with E-state index in [1.165, 1.54) is 0 Å². The number of amides is 2. The number of anilines is 3. The predicted molar refractivity (Wildman–Crippen MR) is 161 cm³/mol. The minimum absolute atomic E-state index is 0.236. The van der Waals surface area contributed by atoms with Crippen LogP contribution in [0.2, 0.25) is 0 Å². The molecule has 2 heterocycles. The van der Waals surface area contributed by atoms with E-state index in [1.807, 2.05) is 92.7 Å². The molecule has 204 valence electrons. The van der Waals surface area contributed by atoms with Crippen molar-refractivity contribution >= 4 is 34.1 Å². The number of rotatable bonds is 9. The molecule has 0 radical (unpaired) electrons. The van der Waals surface area contributed by atoms with Crippen molar-refractivity contribution in [1.29, 1.82) is 0 Å². The van der Waals surface area contributed by atoms with E-state index in [0.717, 1.165) is 52.5 Å². The number of ether oxygens (including phenoxy) is 1. The molecular weight excluding hydrogens is 500 g/mol. The van der Waals surface area contributed by atoms with Gasteiger partial charge in [0.2, 0.25) is 0 Å². The Balaban J connectivity index is 1.38. The molecule has 8 nitrogen and oxygen atoms in total. The SMILES string of the molecule is CCCCc1cc(NC(=O)Nc2ccc(O[C@@H](C)c3ccnc(N)c3)c3ccccc23)n(-c2ccc(C)cc2)n1. The summed E-state index contributed by atoms with van der Waals surface area (Å²) in [6.45, 7) is 6.16. The van der Waals surface area contributed by atoms with Crippen LogP contribution in [0.1, 0.15) is 49.6 Å². The number of aryl methyl sites for hydroxylation is 2. The second-order valence-corrected chi connectivity index (χ2v) is 9.88. The number of fused-ring (bicyclic) bond motifs is 1. The highest BCUT2D eigenvalue weighted by Crippen LogP contribution is 2.34. The quantitative estimate of drug-likeness (QED) is 0.182. The number of hydrogen-bond donors (Lipinski definition) is 3. The summed E-state index contributed by atoms with van der Waals surface area (Å²) < 4.78 is 8.09. The number of nitrogens with one attached hydrogen (secondary N) is 2. The number of unbranched alkanes of at least 4 members (excludes halogenated alkanes) is 1. The van der Waals surface area contributed by atoms with Crippen molar-refractivity contribution < 1.29 is 9.53 Å². The van der Waals surface area contributed by atoms with Gasteiger partial charge in [-0.05, 0) is 68.7 Å². The maximum atomic E-state index is 13.3. The molecule has 2 aromatic heterocycles. The van der Waals surface area contributed by atoms with Crippen LogP contribution in [0, 0.1) is 6.92 Å². The van der Waals surface area contributed by atoms with Gasteiger partial charge < -0.3 is 15.8 Å². The first-order valence-corrected chi connectivity index (χ1v) is 13.5. The van der Waals surface area contributed by atoms with Crippen LogP contribution in [-0.2, 0) is 6.42 Å². The van der Waals surface area contributed by atoms with Gasteiger partial charge in [0.05, 0.1) is 17.1 Å². The van der Waals surface area contributed by atoms with Gasteiger partial charge in [-0.25, -0.2) is 14.5 Å². The summed E-state index contributed by atoms with van der Waals surface area (Å²) in [5.41, 5.74) is 10.5. The lowest BCUT2D eigenvalue weighted by Gasteiger charge is -2.18. The molecule has 5 rings (SSSR count). The zero-order valence-electron chi connectivity index (χ0n) is 23.0. The highest BCUT2D eigenvalue weighted by molar-refractivity contribution is 6.07. The Bertz CT molecular complexity index is 1630. The number of urea groups is 1. The lowest BCUT2D eigenvalue weighted by atomic mass is 10.1. The van der Waals surface area contributed by atoms with E-state index in [0.29, 0.717) is 23.1 Å². The predicted octanol–water partition coefficient (Wildman–Crippen LogP) is 7.44. The van der Waals surface area contributed by atoms with E-state index in [4.69, 9.17) is 15.6 Å². The van der Waals surface area contributed by atoms with Gasteiger partial charge in [0.15, 0.2) is 0 Å². The van der Waals surface area contributed by atoms with Crippen LogP contribution >= 0.6 is 0 Å².